The van der Waals surface area contributed by atoms with E-state index in [1.807, 2.05) is 26.8 Å². The lowest BCUT2D eigenvalue weighted by Gasteiger charge is -2.40. The Labute approximate surface area is 209 Å². The van der Waals surface area contributed by atoms with Gasteiger partial charge in [-0.2, -0.15) is 5.10 Å². The molecule has 0 saturated carbocycles. The molecule has 8 nitrogen and oxygen atoms in total. The van der Waals surface area contributed by atoms with Crippen molar-refractivity contribution in [1.29, 1.82) is 0 Å². The molecule has 0 saturated heterocycles. The van der Waals surface area contributed by atoms with Gasteiger partial charge in [-0.25, -0.2) is 18.4 Å². The van der Waals surface area contributed by atoms with E-state index in [9.17, 15) is 18.7 Å². The minimum absolute atomic E-state index is 0.0107. The molecule has 2 atom stereocenters. The number of hydrogen-bond acceptors (Lipinski definition) is 6. The van der Waals surface area contributed by atoms with Crippen LogP contribution in [0.3, 0.4) is 0 Å². The number of rotatable bonds is 9. The van der Waals surface area contributed by atoms with Crippen molar-refractivity contribution in [1.82, 2.24) is 19.7 Å². The number of nitrogen functional groups attached to an aromatic ring is 1. The van der Waals surface area contributed by atoms with Gasteiger partial charge in [0.05, 0.1) is 18.2 Å². The van der Waals surface area contributed by atoms with Crippen molar-refractivity contribution in [3.05, 3.63) is 65.5 Å². The number of amides is 1. The minimum atomic E-state index is -1.25. The molecule has 3 rings (SSSR count). The Morgan fingerprint density at radius 3 is 2.53 bits per heavy atom. The fraction of sp³-hybridized carbons (Fsp3) is 0.423. The van der Waals surface area contributed by atoms with Gasteiger partial charge in [-0.3, -0.25) is 4.79 Å². The van der Waals surface area contributed by atoms with E-state index in [0.29, 0.717) is 24.5 Å². The van der Waals surface area contributed by atoms with Crippen molar-refractivity contribution in [2.75, 3.05) is 18.8 Å². The van der Waals surface area contributed by atoms with E-state index < -0.39 is 35.1 Å². The predicted octanol–water partition coefficient (Wildman–Crippen LogP) is 3.50. The largest absolute Gasteiger partial charge is 0.399 e. The van der Waals surface area contributed by atoms with Crippen LogP contribution in [0.4, 0.5) is 14.5 Å². The summed E-state index contributed by atoms with van der Waals surface area (Å²) in [7, 11) is 0. The van der Waals surface area contributed by atoms with Crippen LogP contribution < -0.4 is 11.5 Å². The number of aromatic nitrogens is 3. The number of benzene rings is 2. The lowest BCUT2D eigenvalue weighted by Crippen LogP contribution is -2.47. The third-order valence-electron chi connectivity index (χ3n) is 5.77. The Bertz CT molecular complexity index is 1210. The summed E-state index contributed by atoms with van der Waals surface area (Å²) in [5.74, 6) is -1.42. The Balaban J connectivity index is 2.24. The summed E-state index contributed by atoms with van der Waals surface area (Å²) in [6.45, 7) is 8.05. The molecule has 0 bridgehead atoms. The highest BCUT2D eigenvalue weighted by molar-refractivity contribution is 5.80. The maximum absolute atomic E-state index is 14.7. The number of nitrogens with zero attached hydrogens (tertiary/aromatic N) is 4. The first kappa shape index (κ1) is 27.2. The fourth-order valence-electron chi connectivity index (χ4n) is 4.18. The highest BCUT2D eigenvalue weighted by atomic mass is 19.1. The molecule has 1 heterocycles. The highest BCUT2D eigenvalue weighted by Crippen LogP contribution is 2.39. The third kappa shape index (κ3) is 6.24. The van der Waals surface area contributed by atoms with Crippen molar-refractivity contribution in [2.24, 2.45) is 11.1 Å². The molecular formula is C26H34F2N6O2. The molecule has 194 valence electrons. The van der Waals surface area contributed by atoms with Gasteiger partial charge < -0.3 is 21.5 Å². The van der Waals surface area contributed by atoms with E-state index in [-0.39, 0.29) is 24.5 Å². The van der Waals surface area contributed by atoms with Crippen LogP contribution in [0, 0.1) is 17.0 Å². The van der Waals surface area contributed by atoms with Crippen LogP contribution in [0.1, 0.15) is 51.5 Å². The van der Waals surface area contributed by atoms with Crippen LogP contribution >= 0.6 is 0 Å². The zero-order chi connectivity index (χ0) is 26.6. The Morgan fingerprint density at radius 2 is 1.92 bits per heavy atom. The number of aliphatic hydroxyl groups excluding tert-OH is 1. The maximum atomic E-state index is 14.7. The third-order valence-corrected chi connectivity index (χ3v) is 5.77. The fourth-order valence-corrected chi connectivity index (χ4v) is 4.18. The molecule has 36 heavy (non-hydrogen) atoms. The first-order valence-corrected chi connectivity index (χ1v) is 11.9. The standard InChI is InChI=1S/C26H34F2N6O2/c1-16(35)25(36)33(12-6-11-29)22(26(2,3)4)24-31-23(20-14-18(27)9-10-21(20)28)32-34(24)15-17-7-5-8-19(30)13-17/h5,7-10,13-14,16,22,35H,6,11-12,15,29-30H2,1-4H3/t16-,22-/m0/s1. The van der Waals surface area contributed by atoms with E-state index >= 15 is 0 Å². The lowest BCUT2D eigenvalue weighted by molar-refractivity contribution is -0.145. The number of nitrogens with two attached hydrogens (primary N) is 2. The van der Waals surface area contributed by atoms with Crippen molar-refractivity contribution in [3.63, 3.8) is 0 Å². The summed E-state index contributed by atoms with van der Waals surface area (Å²) in [5, 5.41) is 14.7. The first-order valence-electron chi connectivity index (χ1n) is 11.9. The molecule has 2 aromatic carbocycles. The summed E-state index contributed by atoms with van der Waals surface area (Å²) in [6, 6.07) is 9.64. The van der Waals surface area contributed by atoms with Crippen molar-refractivity contribution in [2.45, 2.75) is 52.8 Å². The molecule has 0 fully saturated rings. The Hall–Kier alpha value is -3.37. The average Bonchev–Trinajstić information content (AvgIpc) is 3.19. The molecular weight excluding hydrogens is 466 g/mol. The van der Waals surface area contributed by atoms with Crippen molar-refractivity contribution < 1.29 is 18.7 Å². The summed E-state index contributed by atoms with van der Waals surface area (Å²) >= 11 is 0. The summed E-state index contributed by atoms with van der Waals surface area (Å²) in [4.78, 5) is 19.3. The van der Waals surface area contributed by atoms with E-state index in [1.165, 1.54) is 6.92 Å². The van der Waals surface area contributed by atoms with Gasteiger partial charge in [-0.1, -0.05) is 32.9 Å². The second kappa shape index (κ2) is 11.1. The molecule has 0 aliphatic rings. The zero-order valence-electron chi connectivity index (χ0n) is 21.1. The summed E-state index contributed by atoms with van der Waals surface area (Å²) in [6.07, 6.45) is -0.752. The number of carbonyl (C=O) groups excluding carboxylic acids is 1. The van der Waals surface area contributed by atoms with Crippen molar-refractivity contribution in [3.8, 4) is 11.4 Å². The van der Waals surface area contributed by atoms with Gasteiger partial charge in [-0.05, 0) is 61.2 Å². The number of carbonyl (C=O) groups is 1. The molecule has 0 aliphatic heterocycles. The minimum Gasteiger partial charge on any atom is -0.399 e. The van der Waals surface area contributed by atoms with Crippen LogP contribution in [0.2, 0.25) is 0 Å². The monoisotopic (exact) mass is 500 g/mol. The molecule has 3 aromatic rings. The normalized spacial score (nSPS) is 13.4. The van der Waals surface area contributed by atoms with Gasteiger partial charge >= 0.3 is 0 Å². The SMILES string of the molecule is C[C@H](O)C(=O)N(CCCN)[C@@H](c1nc(-c2cc(F)ccc2F)nn1Cc1cccc(N)c1)C(C)(C)C. The van der Waals surface area contributed by atoms with Gasteiger partial charge in [0.2, 0.25) is 0 Å². The van der Waals surface area contributed by atoms with Crippen LogP contribution in [0.15, 0.2) is 42.5 Å². The quantitative estimate of drug-likeness (QED) is 0.387. The molecule has 0 spiro atoms. The molecule has 1 amide bonds. The van der Waals surface area contributed by atoms with Gasteiger partial charge in [0.25, 0.3) is 5.91 Å². The smallest absolute Gasteiger partial charge is 0.251 e. The van der Waals surface area contributed by atoms with Gasteiger partial charge in [0.15, 0.2) is 11.6 Å². The maximum Gasteiger partial charge on any atom is 0.251 e. The van der Waals surface area contributed by atoms with E-state index in [0.717, 1.165) is 23.8 Å². The highest BCUT2D eigenvalue weighted by Gasteiger charge is 2.39. The number of hydrogen-bond donors (Lipinski definition) is 3. The summed E-state index contributed by atoms with van der Waals surface area (Å²) < 4.78 is 30.3. The zero-order valence-corrected chi connectivity index (χ0v) is 21.1. The molecule has 10 heteroatoms. The van der Waals surface area contributed by atoms with E-state index in [1.54, 1.807) is 27.8 Å². The van der Waals surface area contributed by atoms with Crippen LogP contribution in [0.5, 0.6) is 0 Å². The molecule has 1 aromatic heterocycles. The van der Waals surface area contributed by atoms with Crippen LogP contribution in [-0.4, -0.2) is 49.9 Å². The van der Waals surface area contributed by atoms with Gasteiger partial charge in [0.1, 0.15) is 17.7 Å². The molecule has 0 unspecified atom stereocenters. The number of anilines is 1. The Morgan fingerprint density at radius 1 is 1.19 bits per heavy atom. The lowest BCUT2D eigenvalue weighted by atomic mass is 9.84. The average molecular weight is 501 g/mol. The van der Waals surface area contributed by atoms with E-state index in [4.69, 9.17) is 11.5 Å². The van der Waals surface area contributed by atoms with Gasteiger partial charge in [0, 0.05) is 12.2 Å². The number of aliphatic hydroxyl groups is 1. The summed E-state index contributed by atoms with van der Waals surface area (Å²) in [5.41, 5.74) is 12.4. The van der Waals surface area contributed by atoms with Crippen LogP contribution in [-0.2, 0) is 11.3 Å². The topological polar surface area (TPSA) is 123 Å². The van der Waals surface area contributed by atoms with Crippen molar-refractivity contribution >= 4 is 11.6 Å². The second-order valence-electron chi connectivity index (χ2n) is 9.94. The Kier molecular flexibility index (Phi) is 8.42. The predicted molar refractivity (Wildman–Crippen MR) is 135 cm³/mol. The van der Waals surface area contributed by atoms with Crippen LogP contribution in [0.25, 0.3) is 11.4 Å². The molecule has 5 N–H and O–H groups in total. The number of halogens is 2. The second-order valence-corrected chi connectivity index (χ2v) is 9.94. The molecule has 0 aliphatic carbocycles. The van der Waals surface area contributed by atoms with E-state index in [2.05, 4.69) is 10.1 Å². The molecule has 0 radical (unpaired) electrons. The first-order chi connectivity index (χ1) is 16.9. The van der Waals surface area contributed by atoms with Gasteiger partial charge in [-0.15, -0.1) is 0 Å².